The molecule has 2 aromatic carbocycles. The summed E-state index contributed by atoms with van der Waals surface area (Å²) < 4.78 is 0. The highest BCUT2D eigenvalue weighted by molar-refractivity contribution is 5.97. The Kier molecular flexibility index (Phi) is 5.26. The first-order valence-electron chi connectivity index (χ1n) is 10.7. The van der Waals surface area contributed by atoms with E-state index in [0.29, 0.717) is 11.6 Å². The smallest absolute Gasteiger partial charge is 0.252 e. The van der Waals surface area contributed by atoms with Gasteiger partial charge in [0.2, 0.25) is 5.91 Å². The van der Waals surface area contributed by atoms with Gasteiger partial charge in [-0.15, -0.1) is 0 Å². The second-order valence-electron chi connectivity index (χ2n) is 7.99. The van der Waals surface area contributed by atoms with Gasteiger partial charge in [-0.05, 0) is 23.6 Å². The Morgan fingerprint density at radius 1 is 1.03 bits per heavy atom. The molecule has 3 aromatic rings. The van der Waals surface area contributed by atoms with E-state index in [4.69, 9.17) is 0 Å². The van der Waals surface area contributed by atoms with Crippen LogP contribution in [0.5, 0.6) is 0 Å². The van der Waals surface area contributed by atoms with Gasteiger partial charge in [0.1, 0.15) is 11.6 Å². The lowest BCUT2D eigenvalue weighted by molar-refractivity contribution is -0.118. The predicted molar refractivity (Wildman–Crippen MR) is 120 cm³/mol. The molecule has 2 aliphatic heterocycles. The monoisotopic (exact) mass is 415 g/mol. The van der Waals surface area contributed by atoms with Crippen LogP contribution in [0.1, 0.15) is 23.0 Å². The molecular weight excluding hydrogens is 390 g/mol. The molecule has 0 spiro atoms. The van der Waals surface area contributed by atoms with Crippen molar-refractivity contribution in [3.05, 3.63) is 88.0 Å². The quantitative estimate of drug-likeness (QED) is 0.682. The number of amides is 1. The molecule has 1 saturated heterocycles. The largest absolute Gasteiger partial charge is 0.354 e. The lowest BCUT2D eigenvalue weighted by Crippen LogP contribution is -2.44. The first kappa shape index (κ1) is 19.5. The van der Waals surface area contributed by atoms with Crippen LogP contribution in [-0.4, -0.2) is 42.1 Å². The summed E-state index contributed by atoms with van der Waals surface area (Å²) in [5.41, 5.74) is 2.96. The summed E-state index contributed by atoms with van der Waals surface area (Å²) in [6.07, 6.45) is 0.823. The Labute approximate surface area is 180 Å². The molecule has 1 unspecified atom stereocenters. The van der Waals surface area contributed by atoms with Crippen LogP contribution < -0.4 is 20.7 Å². The molecule has 1 atom stereocenters. The summed E-state index contributed by atoms with van der Waals surface area (Å²) in [6, 6.07) is 19.6. The molecule has 2 aliphatic rings. The van der Waals surface area contributed by atoms with Crippen LogP contribution in [0.25, 0.3) is 0 Å². The van der Waals surface area contributed by atoms with Crippen LogP contribution in [-0.2, 0) is 17.6 Å². The number of benzene rings is 2. The van der Waals surface area contributed by atoms with Gasteiger partial charge in [-0.1, -0.05) is 48.5 Å². The van der Waals surface area contributed by atoms with Gasteiger partial charge < -0.3 is 20.1 Å². The number of piperazine rings is 1. The van der Waals surface area contributed by atoms with E-state index in [1.807, 2.05) is 41.3 Å². The minimum atomic E-state index is -0.229. The molecule has 5 rings (SSSR count). The lowest BCUT2D eigenvalue weighted by Gasteiger charge is -2.28. The number of nitrogens with zero attached hydrogens (tertiary/aromatic N) is 3. The van der Waals surface area contributed by atoms with Crippen molar-refractivity contribution in [1.29, 1.82) is 0 Å². The molecule has 0 radical (unpaired) electrons. The third-order valence-electron chi connectivity index (χ3n) is 5.97. The Bertz CT molecular complexity index is 1140. The van der Waals surface area contributed by atoms with E-state index in [9.17, 15) is 9.59 Å². The van der Waals surface area contributed by atoms with Gasteiger partial charge >= 0.3 is 0 Å². The van der Waals surface area contributed by atoms with Crippen LogP contribution >= 0.6 is 0 Å². The molecule has 1 fully saturated rings. The number of aromatic nitrogens is 2. The van der Waals surface area contributed by atoms with Gasteiger partial charge in [-0.2, -0.15) is 0 Å². The average molecular weight is 415 g/mol. The number of carbonyl (C=O) groups is 1. The number of fused-ring (bicyclic) bond motifs is 1. The topological polar surface area (TPSA) is 81.3 Å². The standard InChI is InChI=1S/C24H25N5O2/c30-23-16-22(28-12-10-25-11-13-28)26-21(27-23)15-24(31)29-19-9-5-4-8-18(19)14-20(29)17-6-2-1-3-7-17/h1-9,16,20,25H,10-15H2,(H,26,27,30). The molecule has 1 aromatic heterocycles. The van der Waals surface area contributed by atoms with Crippen molar-refractivity contribution in [1.82, 2.24) is 15.3 Å². The van der Waals surface area contributed by atoms with E-state index in [1.165, 1.54) is 6.07 Å². The minimum Gasteiger partial charge on any atom is -0.354 e. The molecule has 0 saturated carbocycles. The highest BCUT2D eigenvalue weighted by Crippen LogP contribution is 2.40. The number of rotatable bonds is 4. The van der Waals surface area contributed by atoms with Gasteiger partial charge in [-0.3, -0.25) is 9.59 Å². The maximum Gasteiger partial charge on any atom is 0.252 e. The normalized spacial score (nSPS) is 18.1. The van der Waals surface area contributed by atoms with Crippen LogP contribution in [0.15, 0.2) is 65.5 Å². The molecule has 1 amide bonds. The van der Waals surface area contributed by atoms with Crippen LogP contribution in [0.3, 0.4) is 0 Å². The maximum atomic E-state index is 13.5. The number of hydrogen-bond acceptors (Lipinski definition) is 5. The molecular formula is C24H25N5O2. The average Bonchev–Trinajstić information content (AvgIpc) is 3.20. The summed E-state index contributed by atoms with van der Waals surface area (Å²) in [7, 11) is 0. The van der Waals surface area contributed by atoms with Crippen molar-refractivity contribution in [3.63, 3.8) is 0 Å². The van der Waals surface area contributed by atoms with Gasteiger partial charge in [-0.25, -0.2) is 4.98 Å². The van der Waals surface area contributed by atoms with Crippen molar-refractivity contribution >= 4 is 17.4 Å². The molecule has 7 heteroatoms. The van der Waals surface area contributed by atoms with Crippen LogP contribution in [0.2, 0.25) is 0 Å². The number of carbonyl (C=O) groups excluding carboxylic acids is 1. The van der Waals surface area contributed by atoms with E-state index in [1.54, 1.807) is 0 Å². The van der Waals surface area contributed by atoms with E-state index in [-0.39, 0.29) is 23.9 Å². The first-order valence-corrected chi connectivity index (χ1v) is 10.7. The zero-order valence-electron chi connectivity index (χ0n) is 17.3. The van der Waals surface area contributed by atoms with Gasteiger partial charge in [0, 0.05) is 37.9 Å². The summed E-state index contributed by atoms with van der Waals surface area (Å²) in [5, 5.41) is 3.30. The molecule has 0 aliphatic carbocycles. The Morgan fingerprint density at radius 2 is 1.77 bits per heavy atom. The summed E-state index contributed by atoms with van der Waals surface area (Å²) in [4.78, 5) is 37.1. The molecule has 0 bridgehead atoms. The number of aromatic amines is 1. The molecule has 158 valence electrons. The lowest BCUT2D eigenvalue weighted by atomic mass is 10.0. The third kappa shape index (κ3) is 3.96. The summed E-state index contributed by atoms with van der Waals surface area (Å²) in [5.74, 6) is 0.969. The predicted octanol–water partition coefficient (Wildman–Crippen LogP) is 2.05. The highest BCUT2D eigenvalue weighted by Gasteiger charge is 2.34. The first-order chi connectivity index (χ1) is 15.2. The molecule has 2 N–H and O–H groups in total. The number of anilines is 2. The number of para-hydroxylation sites is 1. The summed E-state index contributed by atoms with van der Waals surface area (Å²) >= 11 is 0. The Hall–Kier alpha value is -3.45. The van der Waals surface area contributed by atoms with E-state index < -0.39 is 0 Å². The van der Waals surface area contributed by atoms with Crippen molar-refractivity contribution < 1.29 is 4.79 Å². The van der Waals surface area contributed by atoms with Crippen molar-refractivity contribution in [2.24, 2.45) is 0 Å². The van der Waals surface area contributed by atoms with Crippen molar-refractivity contribution in [2.45, 2.75) is 18.9 Å². The fraction of sp³-hybridized carbons (Fsp3) is 0.292. The third-order valence-corrected chi connectivity index (χ3v) is 5.97. The fourth-order valence-electron chi connectivity index (χ4n) is 4.50. The van der Waals surface area contributed by atoms with Crippen LogP contribution in [0, 0.1) is 0 Å². The zero-order valence-corrected chi connectivity index (χ0v) is 17.3. The number of hydrogen-bond donors (Lipinski definition) is 2. The van der Waals surface area contributed by atoms with E-state index >= 15 is 0 Å². The van der Waals surface area contributed by atoms with Crippen LogP contribution in [0.4, 0.5) is 11.5 Å². The van der Waals surface area contributed by atoms with E-state index in [2.05, 4.69) is 38.4 Å². The molecule has 31 heavy (non-hydrogen) atoms. The van der Waals surface area contributed by atoms with Gasteiger partial charge in [0.05, 0.1) is 12.5 Å². The summed E-state index contributed by atoms with van der Waals surface area (Å²) in [6.45, 7) is 3.29. The SMILES string of the molecule is O=C(Cc1nc(N2CCNCC2)cc(=O)[nH]1)N1c2ccccc2CC1c1ccccc1. The van der Waals surface area contributed by atoms with Gasteiger partial charge in [0.25, 0.3) is 5.56 Å². The van der Waals surface area contributed by atoms with E-state index in [0.717, 1.165) is 49.4 Å². The number of H-pyrrole nitrogens is 1. The fourth-order valence-corrected chi connectivity index (χ4v) is 4.50. The second-order valence-corrected chi connectivity index (χ2v) is 7.99. The Morgan fingerprint density at radius 3 is 2.58 bits per heavy atom. The molecule has 3 heterocycles. The maximum absolute atomic E-state index is 13.5. The Balaban J connectivity index is 1.44. The van der Waals surface area contributed by atoms with Gasteiger partial charge in [0.15, 0.2) is 0 Å². The highest BCUT2D eigenvalue weighted by atomic mass is 16.2. The van der Waals surface area contributed by atoms with Crippen molar-refractivity contribution in [2.75, 3.05) is 36.0 Å². The number of nitrogens with one attached hydrogen (secondary N) is 2. The zero-order chi connectivity index (χ0) is 21.2. The van der Waals surface area contributed by atoms with Crippen molar-refractivity contribution in [3.8, 4) is 0 Å². The second kappa shape index (κ2) is 8.35. The molecule has 7 nitrogen and oxygen atoms in total. The minimum absolute atomic E-state index is 0.0485.